The molecular formula is C22H28ClN3O5S. The Balaban J connectivity index is 2.37. The number of ether oxygens (including phenoxy) is 1. The second-order valence-electron chi connectivity index (χ2n) is 7.20. The van der Waals surface area contributed by atoms with Gasteiger partial charge in [-0.05, 0) is 37.1 Å². The fraction of sp³-hybridized carbons (Fsp3) is 0.364. The molecule has 0 aliphatic heterocycles. The lowest BCUT2D eigenvalue weighted by atomic mass is 10.1. The van der Waals surface area contributed by atoms with E-state index in [1.165, 1.54) is 31.2 Å². The summed E-state index contributed by atoms with van der Waals surface area (Å²) in [4.78, 5) is 27.0. The highest BCUT2D eigenvalue weighted by atomic mass is 35.5. The summed E-state index contributed by atoms with van der Waals surface area (Å²) in [6.45, 7) is 1.33. The SMILES string of the molecule is CNC(=O)[C@@H](C)N(CCc1ccccc1)C(=O)CN(c1cc(Cl)ccc1OC)S(C)(=O)=O. The van der Waals surface area contributed by atoms with Crippen molar-refractivity contribution < 1.29 is 22.7 Å². The Bertz CT molecular complexity index is 1050. The predicted octanol–water partition coefficient (Wildman–Crippen LogP) is 2.32. The third-order valence-corrected chi connectivity index (χ3v) is 6.35. The number of sulfonamides is 1. The highest BCUT2D eigenvalue weighted by Gasteiger charge is 2.30. The minimum atomic E-state index is -3.87. The van der Waals surface area contributed by atoms with Crippen LogP contribution >= 0.6 is 11.6 Å². The van der Waals surface area contributed by atoms with Crippen molar-refractivity contribution in [3.8, 4) is 5.75 Å². The van der Waals surface area contributed by atoms with Gasteiger partial charge >= 0.3 is 0 Å². The maximum atomic E-state index is 13.3. The van der Waals surface area contributed by atoms with Crippen molar-refractivity contribution >= 4 is 39.1 Å². The summed E-state index contributed by atoms with van der Waals surface area (Å²) in [6.07, 6.45) is 1.50. The van der Waals surface area contributed by atoms with Crippen LogP contribution in [-0.4, -0.2) is 64.7 Å². The monoisotopic (exact) mass is 481 g/mol. The highest BCUT2D eigenvalue weighted by molar-refractivity contribution is 7.92. The number of benzene rings is 2. The van der Waals surface area contributed by atoms with E-state index in [0.29, 0.717) is 11.4 Å². The molecule has 2 amide bonds. The van der Waals surface area contributed by atoms with Crippen molar-refractivity contribution in [2.45, 2.75) is 19.4 Å². The molecule has 32 heavy (non-hydrogen) atoms. The Morgan fingerprint density at radius 1 is 1.16 bits per heavy atom. The molecule has 1 atom stereocenters. The van der Waals surface area contributed by atoms with Crippen molar-refractivity contribution in [2.24, 2.45) is 0 Å². The molecule has 0 heterocycles. The molecule has 0 saturated carbocycles. The van der Waals surface area contributed by atoms with Gasteiger partial charge in [-0.25, -0.2) is 8.42 Å². The van der Waals surface area contributed by atoms with E-state index in [9.17, 15) is 18.0 Å². The first-order chi connectivity index (χ1) is 15.1. The Morgan fingerprint density at radius 2 is 1.81 bits per heavy atom. The van der Waals surface area contributed by atoms with Crippen LogP contribution in [0.4, 0.5) is 5.69 Å². The fourth-order valence-electron chi connectivity index (χ4n) is 3.23. The van der Waals surface area contributed by atoms with E-state index >= 15 is 0 Å². The molecule has 0 aliphatic rings. The first-order valence-electron chi connectivity index (χ1n) is 9.94. The van der Waals surface area contributed by atoms with Crippen LogP contribution in [0.1, 0.15) is 12.5 Å². The largest absolute Gasteiger partial charge is 0.495 e. The number of hydrogen-bond acceptors (Lipinski definition) is 5. The minimum Gasteiger partial charge on any atom is -0.495 e. The van der Waals surface area contributed by atoms with Crippen LogP contribution in [-0.2, 0) is 26.0 Å². The fourth-order valence-corrected chi connectivity index (χ4v) is 4.24. The molecule has 0 radical (unpaired) electrons. The van der Waals surface area contributed by atoms with Crippen molar-refractivity contribution in [2.75, 3.05) is 37.8 Å². The van der Waals surface area contributed by atoms with E-state index in [-0.39, 0.29) is 23.9 Å². The molecule has 8 nitrogen and oxygen atoms in total. The molecule has 2 aromatic carbocycles. The number of hydrogen-bond donors (Lipinski definition) is 1. The van der Waals surface area contributed by atoms with Gasteiger partial charge in [0.05, 0.1) is 19.1 Å². The second kappa shape index (κ2) is 11.2. The van der Waals surface area contributed by atoms with E-state index in [0.717, 1.165) is 16.1 Å². The van der Waals surface area contributed by atoms with Crippen molar-refractivity contribution in [3.05, 3.63) is 59.1 Å². The number of nitrogens with zero attached hydrogens (tertiary/aromatic N) is 2. The summed E-state index contributed by atoms with van der Waals surface area (Å²) in [5.74, 6) is -0.620. The molecule has 10 heteroatoms. The summed E-state index contributed by atoms with van der Waals surface area (Å²) >= 11 is 6.07. The van der Waals surface area contributed by atoms with E-state index in [4.69, 9.17) is 16.3 Å². The number of anilines is 1. The number of methoxy groups -OCH3 is 1. The zero-order chi connectivity index (χ0) is 23.9. The van der Waals surface area contributed by atoms with Crippen LogP contribution in [0, 0.1) is 0 Å². The first kappa shape index (κ1) is 25.5. The van der Waals surface area contributed by atoms with Crippen molar-refractivity contribution in [1.29, 1.82) is 0 Å². The van der Waals surface area contributed by atoms with Crippen LogP contribution in [0.3, 0.4) is 0 Å². The predicted molar refractivity (Wildman–Crippen MR) is 126 cm³/mol. The molecule has 0 aromatic heterocycles. The lowest BCUT2D eigenvalue weighted by Crippen LogP contribution is -2.51. The molecule has 1 N–H and O–H groups in total. The van der Waals surface area contributed by atoms with E-state index in [1.807, 2.05) is 30.3 Å². The number of nitrogens with one attached hydrogen (secondary N) is 1. The molecule has 2 aromatic rings. The van der Waals surface area contributed by atoms with Crippen LogP contribution in [0.15, 0.2) is 48.5 Å². The summed E-state index contributed by atoms with van der Waals surface area (Å²) < 4.78 is 31.4. The average Bonchev–Trinajstić information content (AvgIpc) is 2.76. The highest BCUT2D eigenvalue weighted by Crippen LogP contribution is 2.32. The molecular weight excluding hydrogens is 454 g/mol. The number of amides is 2. The van der Waals surface area contributed by atoms with E-state index < -0.39 is 28.5 Å². The summed E-state index contributed by atoms with van der Waals surface area (Å²) in [5.41, 5.74) is 1.14. The van der Waals surface area contributed by atoms with Gasteiger partial charge in [0.15, 0.2) is 0 Å². The normalized spacial score (nSPS) is 12.0. The Hall–Kier alpha value is -2.78. The van der Waals surface area contributed by atoms with Gasteiger partial charge in [0.25, 0.3) is 0 Å². The number of carbonyl (C=O) groups excluding carboxylic acids is 2. The molecule has 0 unspecified atom stereocenters. The van der Waals surface area contributed by atoms with Gasteiger partial charge in [-0.2, -0.15) is 0 Å². The first-order valence-corrected chi connectivity index (χ1v) is 12.2. The molecule has 174 valence electrons. The lowest BCUT2D eigenvalue weighted by molar-refractivity contribution is -0.138. The zero-order valence-electron chi connectivity index (χ0n) is 18.5. The van der Waals surface area contributed by atoms with Crippen molar-refractivity contribution in [3.63, 3.8) is 0 Å². The summed E-state index contributed by atoms with van der Waals surface area (Å²) in [5, 5.41) is 2.83. The topological polar surface area (TPSA) is 96.0 Å². The van der Waals surface area contributed by atoms with Crippen molar-refractivity contribution in [1.82, 2.24) is 10.2 Å². The van der Waals surface area contributed by atoms with Gasteiger partial charge in [-0.3, -0.25) is 13.9 Å². The molecule has 0 aliphatic carbocycles. The molecule has 2 rings (SSSR count). The molecule has 0 fully saturated rings. The van der Waals surface area contributed by atoms with Gasteiger partial charge in [0, 0.05) is 18.6 Å². The smallest absolute Gasteiger partial charge is 0.244 e. The Morgan fingerprint density at radius 3 is 2.38 bits per heavy atom. The van der Waals surface area contributed by atoms with Crippen LogP contribution in [0.25, 0.3) is 0 Å². The van der Waals surface area contributed by atoms with Gasteiger partial charge in [-0.15, -0.1) is 0 Å². The molecule has 0 bridgehead atoms. The molecule has 0 spiro atoms. The van der Waals surface area contributed by atoms with Gasteiger partial charge < -0.3 is 15.0 Å². The van der Waals surface area contributed by atoms with Crippen LogP contribution in [0.2, 0.25) is 5.02 Å². The van der Waals surface area contributed by atoms with Crippen LogP contribution in [0.5, 0.6) is 5.75 Å². The van der Waals surface area contributed by atoms with Gasteiger partial charge in [0.2, 0.25) is 21.8 Å². The minimum absolute atomic E-state index is 0.145. The summed E-state index contributed by atoms with van der Waals surface area (Å²) in [7, 11) is -0.986. The van der Waals surface area contributed by atoms with E-state index in [1.54, 1.807) is 13.0 Å². The number of carbonyl (C=O) groups is 2. The van der Waals surface area contributed by atoms with Gasteiger partial charge in [0.1, 0.15) is 18.3 Å². The van der Waals surface area contributed by atoms with Crippen LogP contribution < -0.4 is 14.4 Å². The lowest BCUT2D eigenvalue weighted by Gasteiger charge is -2.31. The number of halogens is 1. The average molecular weight is 482 g/mol. The molecule has 0 saturated heterocycles. The third kappa shape index (κ3) is 6.61. The second-order valence-corrected chi connectivity index (χ2v) is 9.54. The zero-order valence-corrected chi connectivity index (χ0v) is 20.1. The number of rotatable bonds is 10. The summed E-state index contributed by atoms with van der Waals surface area (Å²) in [6, 6.07) is 13.2. The standard InChI is InChI=1S/C22H28ClN3O5S/c1-16(22(28)24-2)25(13-12-17-8-6-5-7-9-17)21(27)15-26(32(4,29)30)19-14-18(23)10-11-20(19)31-3/h5-11,14,16H,12-13,15H2,1-4H3,(H,24,28)/t16-/m1/s1. The number of likely N-dealkylation sites (N-methyl/N-ethyl adjacent to an activating group) is 1. The Kier molecular flexibility index (Phi) is 8.91. The quantitative estimate of drug-likeness (QED) is 0.561. The Labute approximate surface area is 194 Å². The maximum absolute atomic E-state index is 13.3. The van der Waals surface area contributed by atoms with E-state index in [2.05, 4.69) is 5.32 Å². The van der Waals surface area contributed by atoms with Gasteiger partial charge in [-0.1, -0.05) is 41.9 Å². The maximum Gasteiger partial charge on any atom is 0.244 e. The third-order valence-electron chi connectivity index (χ3n) is 4.99.